The summed E-state index contributed by atoms with van der Waals surface area (Å²) in [4.78, 5) is 26.8. The Kier molecular flexibility index (Phi) is 7.22. The molecule has 0 saturated carbocycles. The van der Waals surface area contributed by atoms with E-state index in [4.69, 9.17) is 4.74 Å². The van der Waals surface area contributed by atoms with Crippen molar-refractivity contribution in [3.63, 3.8) is 0 Å². The molecule has 1 aliphatic heterocycles. The molecule has 166 valence electrons. The number of amides is 2. The van der Waals surface area contributed by atoms with Crippen molar-refractivity contribution >= 4 is 11.8 Å². The summed E-state index contributed by atoms with van der Waals surface area (Å²) in [7, 11) is 1.45. The Balaban J connectivity index is 1.64. The third kappa shape index (κ3) is 5.79. The molecule has 0 radical (unpaired) electrons. The summed E-state index contributed by atoms with van der Waals surface area (Å²) < 4.78 is 32.7. The Bertz CT molecular complexity index is 953. The van der Waals surface area contributed by atoms with Crippen molar-refractivity contribution in [1.82, 2.24) is 10.2 Å². The van der Waals surface area contributed by atoms with Gasteiger partial charge in [-0.25, -0.2) is 8.78 Å². The molecule has 0 aromatic heterocycles. The molecule has 3 rings (SSSR count). The summed E-state index contributed by atoms with van der Waals surface area (Å²) in [6.07, 6.45) is -0.557. The van der Waals surface area contributed by atoms with Gasteiger partial charge >= 0.3 is 0 Å². The second-order valence-corrected chi connectivity index (χ2v) is 7.83. The lowest BCUT2D eigenvalue weighted by Crippen LogP contribution is -2.49. The lowest BCUT2D eigenvalue weighted by molar-refractivity contribution is -0.138. The molecule has 1 aliphatic rings. The van der Waals surface area contributed by atoms with E-state index in [9.17, 15) is 23.5 Å². The van der Waals surface area contributed by atoms with Crippen molar-refractivity contribution in [2.75, 3.05) is 13.7 Å². The molecule has 2 N–H and O–H groups in total. The first-order valence-corrected chi connectivity index (χ1v) is 10.1. The number of aliphatic hydroxyl groups excluding tert-OH is 1. The first kappa shape index (κ1) is 22.7. The molecule has 3 atom stereocenters. The molecule has 2 aromatic carbocycles. The van der Waals surface area contributed by atoms with Gasteiger partial charge in [-0.3, -0.25) is 9.59 Å². The highest BCUT2D eigenvalue weighted by Crippen LogP contribution is 2.21. The predicted molar refractivity (Wildman–Crippen MR) is 110 cm³/mol. The van der Waals surface area contributed by atoms with E-state index >= 15 is 0 Å². The number of rotatable bonds is 7. The van der Waals surface area contributed by atoms with E-state index in [1.165, 1.54) is 42.3 Å². The minimum atomic E-state index is -0.848. The van der Waals surface area contributed by atoms with Crippen LogP contribution in [0.2, 0.25) is 0 Å². The molecule has 8 heteroatoms. The molecule has 1 fully saturated rings. The van der Waals surface area contributed by atoms with Gasteiger partial charge in [0.05, 0.1) is 19.6 Å². The largest absolute Gasteiger partial charge is 0.497 e. The first-order valence-electron chi connectivity index (χ1n) is 10.1. The maximum absolute atomic E-state index is 13.9. The van der Waals surface area contributed by atoms with Crippen LogP contribution in [-0.4, -0.2) is 53.7 Å². The van der Waals surface area contributed by atoms with Gasteiger partial charge in [0, 0.05) is 25.1 Å². The smallest absolute Gasteiger partial charge is 0.243 e. The van der Waals surface area contributed by atoms with Gasteiger partial charge in [-0.05, 0) is 42.7 Å². The molecule has 1 heterocycles. The van der Waals surface area contributed by atoms with E-state index < -0.39 is 35.6 Å². The molecule has 0 bridgehead atoms. The number of methoxy groups -OCH3 is 1. The number of nitrogens with one attached hydrogen (secondary N) is 1. The minimum absolute atomic E-state index is 0.0147. The van der Waals surface area contributed by atoms with E-state index in [-0.39, 0.29) is 31.0 Å². The van der Waals surface area contributed by atoms with Gasteiger partial charge in [-0.1, -0.05) is 18.2 Å². The molecular weight excluding hydrogens is 406 g/mol. The Morgan fingerprint density at radius 1 is 1.26 bits per heavy atom. The number of carbonyl (C=O) groups excluding carboxylic acids is 2. The van der Waals surface area contributed by atoms with Crippen LogP contribution in [0.1, 0.15) is 24.5 Å². The van der Waals surface area contributed by atoms with E-state index in [0.29, 0.717) is 17.7 Å². The van der Waals surface area contributed by atoms with Crippen LogP contribution in [0.3, 0.4) is 0 Å². The van der Waals surface area contributed by atoms with Crippen molar-refractivity contribution in [1.29, 1.82) is 0 Å². The van der Waals surface area contributed by atoms with Gasteiger partial charge in [0.15, 0.2) is 0 Å². The molecule has 0 aliphatic carbocycles. The molecule has 3 unspecified atom stereocenters. The Hall–Kier alpha value is -3.00. The van der Waals surface area contributed by atoms with Crippen LogP contribution in [0.4, 0.5) is 8.78 Å². The summed E-state index contributed by atoms with van der Waals surface area (Å²) in [6.45, 7) is 1.78. The van der Waals surface area contributed by atoms with E-state index in [0.717, 1.165) is 0 Å². The summed E-state index contributed by atoms with van der Waals surface area (Å²) in [5, 5.41) is 12.9. The van der Waals surface area contributed by atoms with E-state index in [1.807, 2.05) is 0 Å². The average molecular weight is 432 g/mol. The van der Waals surface area contributed by atoms with Crippen molar-refractivity contribution in [3.8, 4) is 5.75 Å². The fourth-order valence-corrected chi connectivity index (χ4v) is 3.84. The Labute approximate surface area is 179 Å². The fourth-order valence-electron chi connectivity index (χ4n) is 3.84. The van der Waals surface area contributed by atoms with E-state index in [2.05, 4.69) is 5.32 Å². The fraction of sp³-hybridized carbons (Fsp3) is 0.391. The maximum atomic E-state index is 13.9. The van der Waals surface area contributed by atoms with Crippen molar-refractivity contribution in [2.24, 2.45) is 0 Å². The second kappa shape index (κ2) is 9.87. The van der Waals surface area contributed by atoms with Gasteiger partial charge in [-0.15, -0.1) is 0 Å². The monoisotopic (exact) mass is 432 g/mol. The Morgan fingerprint density at radius 2 is 2.00 bits per heavy atom. The highest BCUT2D eigenvalue weighted by Gasteiger charge is 2.39. The van der Waals surface area contributed by atoms with Crippen LogP contribution >= 0.6 is 0 Å². The number of nitrogens with zero attached hydrogens (tertiary/aromatic N) is 1. The quantitative estimate of drug-likeness (QED) is 0.703. The van der Waals surface area contributed by atoms with Crippen LogP contribution < -0.4 is 10.1 Å². The van der Waals surface area contributed by atoms with Crippen LogP contribution in [0, 0.1) is 11.6 Å². The number of carbonyl (C=O) groups is 2. The van der Waals surface area contributed by atoms with Gasteiger partial charge in [0.25, 0.3) is 0 Å². The van der Waals surface area contributed by atoms with Crippen molar-refractivity contribution < 1.29 is 28.2 Å². The van der Waals surface area contributed by atoms with Crippen LogP contribution in [0.15, 0.2) is 42.5 Å². The zero-order valence-electron chi connectivity index (χ0n) is 17.5. The standard InChI is InChI=1S/C23H26F2N2O4/c1-14(7-15-8-17(24)11-19(9-15)31-2)26-23(30)21-12-18(28)13-27(21)22(29)10-16-5-3-4-6-20(16)25/h3-6,8-9,11,14,18,21,28H,7,10,12-13H2,1-2H3,(H,26,30). The van der Waals surface area contributed by atoms with Gasteiger partial charge < -0.3 is 20.1 Å². The number of β-amino-alcohol motifs (C(OH)–C–C–N with tert-alkyl or cyclic N) is 1. The second-order valence-electron chi connectivity index (χ2n) is 7.83. The summed E-state index contributed by atoms with van der Waals surface area (Å²) in [5.41, 5.74) is 0.894. The predicted octanol–water partition coefficient (Wildman–Crippen LogP) is 2.23. The highest BCUT2D eigenvalue weighted by molar-refractivity contribution is 5.89. The van der Waals surface area contributed by atoms with Crippen molar-refractivity contribution in [3.05, 3.63) is 65.2 Å². The number of ether oxygens (including phenoxy) is 1. The number of hydrogen-bond acceptors (Lipinski definition) is 4. The lowest BCUT2D eigenvalue weighted by atomic mass is 10.1. The summed E-state index contributed by atoms with van der Waals surface area (Å²) >= 11 is 0. The topological polar surface area (TPSA) is 78.9 Å². The first-order chi connectivity index (χ1) is 14.8. The molecule has 6 nitrogen and oxygen atoms in total. The summed E-state index contributed by atoms with van der Waals surface area (Å²) in [5.74, 6) is -1.37. The molecule has 2 amide bonds. The molecule has 31 heavy (non-hydrogen) atoms. The van der Waals surface area contributed by atoms with Crippen molar-refractivity contribution in [2.45, 2.75) is 44.4 Å². The normalized spacial score (nSPS) is 19.2. The molecule has 2 aromatic rings. The molecule has 1 saturated heterocycles. The third-order valence-corrected chi connectivity index (χ3v) is 5.30. The Morgan fingerprint density at radius 3 is 2.71 bits per heavy atom. The van der Waals surface area contributed by atoms with Gasteiger partial charge in [-0.2, -0.15) is 0 Å². The zero-order valence-corrected chi connectivity index (χ0v) is 17.5. The van der Waals surface area contributed by atoms with Gasteiger partial charge in [0.1, 0.15) is 23.4 Å². The van der Waals surface area contributed by atoms with E-state index in [1.54, 1.807) is 19.1 Å². The number of aliphatic hydroxyl groups is 1. The number of hydrogen-bond donors (Lipinski definition) is 2. The summed E-state index contributed by atoms with van der Waals surface area (Å²) in [6, 6.07) is 9.10. The zero-order chi connectivity index (χ0) is 22.5. The SMILES string of the molecule is COc1cc(F)cc(CC(C)NC(=O)C2CC(O)CN2C(=O)Cc2ccccc2F)c1. The third-order valence-electron chi connectivity index (χ3n) is 5.30. The van der Waals surface area contributed by atoms with Gasteiger partial charge in [0.2, 0.25) is 11.8 Å². The number of halogens is 2. The number of likely N-dealkylation sites (tertiary alicyclic amines) is 1. The number of benzene rings is 2. The molecular formula is C23H26F2N2O4. The maximum Gasteiger partial charge on any atom is 0.243 e. The van der Waals surface area contributed by atoms with Crippen LogP contribution in [0.25, 0.3) is 0 Å². The average Bonchev–Trinajstić information content (AvgIpc) is 3.11. The lowest BCUT2D eigenvalue weighted by Gasteiger charge is -2.25. The minimum Gasteiger partial charge on any atom is -0.497 e. The van der Waals surface area contributed by atoms with Crippen LogP contribution in [0.5, 0.6) is 5.75 Å². The molecule has 0 spiro atoms. The highest BCUT2D eigenvalue weighted by atomic mass is 19.1. The van der Waals surface area contributed by atoms with Crippen LogP contribution in [-0.2, 0) is 22.4 Å².